The van der Waals surface area contributed by atoms with Crippen LogP contribution in [-0.2, 0) is 9.53 Å². The minimum absolute atomic E-state index is 0.0842. The molecule has 0 aromatic heterocycles. The molecule has 2 aromatic carbocycles. The third-order valence-electron chi connectivity index (χ3n) is 4.20. The second-order valence-electron chi connectivity index (χ2n) is 5.44. The van der Waals surface area contributed by atoms with Crippen LogP contribution in [0.4, 0.5) is 10.1 Å². The Labute approximate surface area is 129 Å². The van der Waals surface area contributed by atoms with Crippen LogP contribution in [0.2, 0.25) is 0 Å². The van der Waals surface area contributed by atoms with E-state index in [1.807, 2.05) is 30.3 Å². The van der Waals surface area contributed by atoms with Gasteiger partial charge >= 0.3 is 5.97 Å². The normalized spacial score (nSPS) is 20.9. The van der Waals surface area contributed by atoms with Crippen LogP contribution in [-0.4, -0.2) is 19.6 Å². The Morgan fingerprint density at radius 1 is 1.14 bits per heavy atom. The maximum Gasteiger partial charge on any atom is 0.311 e. The SMILES string of the molecule is COC(=O)C1CCN(c2ccc(F)cc2)C1c1ccccc1. The Kier molecular flexibility index (Phi) is 4.09. The molecular weight excluding hydrogens is 281 g/mol. The molecule has 2 unspecified atom stereocenters. The molecule has 0 radical (unpaired) electrons. The van der Waals surface area contributed by atoms with E-state index in [0.29, 0.717) is 0 Å². The molecule has 114 valence electrons. The standard InChI is InChI=1S/C18H18FNO2/c1-22-18(21)16-11-12-20(15-9-7-14(19)8-10-15)17(16)13-5-3-2-4-6-13/h2-10,16-17H,11-12H2,1H3. The van der Waals surface area contributed by atoms with Gasteiger partial charge in [0.05, 0.1) is 19.1 Å². The summed E-state index contributed by atoms with van der Waals surface area (Å²) in [5.74, 6) is -0.667. The van der Waals surface area contributed by atoms with Crippen LogP contribution in [0.25, 0.3) is 0 Å². The first-order chi connectivity index (χ1) is 10.7. The van der Waals surface area contributed by atoms with E-state index in [2.05, 4.69) is 4.90 Å². The fourth-order valence-electron chi connectivity index (χ4n) is 3.18. The third kappa shape index (κ3) is 2.69. The number of rotatable bonds is 3. The number of halogens is 1. The van der Waals surface area contributed by atoms with E-state index >= 15 is 0 Å². The Balaban J connectivity index is 1.98. The van der Waals surface area contributed by atoms with Crippen molar-refractivity contribution in [3.8, 4) is 0 Å². The van der Waals surface area contributed by atoms with E-state index in [1.54, 1.807) is 12.1 Å². The average molecular weight is 299 g/mol. The first kappa shape index (κ1) is 14.6. The third-order valence-corrected chi connectivity index (χ3v) is 4.20. The molecule has 0 amide bonds. The minimum atomic E-state index is -0.260. The number of hydrogen-bond donors (Lipinski definition) is 0. The topological polar surface area (TPSA) is 29.5 Å². The molecule has 0 saturated carbocycles. The molecule has 3 nitrogen and oxygen atoms in total. The molecule has 1 aliphatic rings. The Bertz CT molecular complexity index is 642. The summed E-state index contributed by atoms with van der Waals surface area (Å²) in [4.78, 5) is 14.3. The number of nitrogens with zero attached hydrogens (tertiary/aromatic N) is 1. The van der Waals surface area contributed by atoms with Gasteiger partial charge in [0.25, 0.3) is 0 Å². The molecule has 3 rings (SSSR count). The lowest BCUT2D eigenvalue weighted by Gasteiger charge is -2.29. The number of carbonyl (C=O) groups is 1. The van der Waals surface area contributed by atoms with Crippen molar-refractivity contribution >= 4 is 11.7 Å². The highest BCUT2D eigenvalue weighted by molar-refractivity contribution is 5.75. The zero-order valence-corrected chi connectivity index (χ0v) is 12.4. The van der Waals surface area contributed by atoms with Crippen LogP contribution in [0, 0.1) is 11.7 Å². The van der Waals surface area contributed by atoms with Crippen molar-refractivity contribution in [2.45, 2.75) is 12.5 Å². The molecule has 2 aromatic rings. The van der Waals surface area contributed by atoms with Crippen molar-refractivity contribution in [1.29, 1.82) is 0 Å². The van der Waals surface area contributed by atoms with Gasteiger partial charge in [0, 0.05) is 12.2 Å². The number of hydrogen-bond acceptors (Lipinski definition) is 3. The average Bonchev–Trinajstić information content (AvgIpc) is 3.00. The number of esters is 1. The van der Waals surface area contributed by atoms with Crippen LogP contribution < -0.4 is 4.90 Å². The van der Waals surface area contributed by atoms with Crippen LogP contribution in [0.15, 0.2) is 54.6 Å². The van der Waals surface area contributed by atoms with E-state index in [-0.39, 0.29) is 23.7 Å². The maximum absolute atomic E-state index is 13.2. The number of ether oxygens (including phenoxy) is 1. The first-order valence-corrected chi connectivity index (χ1v) is 7.35. The fourth-order valence-corrected chi connectivity index (χ4v) is 3.18. The van der Waals surface area contributed by atoms with Gasteiger partial charge < -0.3 is 9.64 Å². The monoisotopic (exact) mass is 299 g/mol. The summed E-state index contributed by atoms with van der Waals surface area (Å²) in [6, 6.07) is 16.2. The first-order valence-electron chi connectivity index (χ1n) is 7.35. The van der Waals surface area contributed by atoms with E-state index in [1.165, 1.54) is 19.2 Å². The zero-order valence-electron chi connectivity index (χ0n) is 12.4. The van der Waals surface area contributed by atoms with E-state index in [9.17, 15) is 9.18 Å². The molecule has 1 fully saturated rings. The van der Waals surface area contributed by atoms with Crippen LogP contribution in [0.1, 0.15) is 18.0 Å². The molecular formula is C18H18FNO2. The lowest BCUT2D eigenvalue weighted by Crippen LogP contribution is -2.28. The number of carbonyl (C=O) groups excluding carboxylic acids is 1. The summed E-state index contributed by atoms with van der Waals surface area (Å²) in [5.41, 5.74) is 1.99. The highest BCUT2D eigenvalue weighted by Gasteiger charge is 2.40. The van der Waals surface area contributed by atoms with Gasteiger partial charge in [-0.2, -0.15) is 0 Å². The van der Waals surface area contributed by atoms with Crippen molar-refractivity contribution in [2.75, 3.05) is 18.6 Å². The fraction of sp³-hybridized carbons (Fsp3) is 0.278. The molecule has 0 bridgehead atoms. The Morgan fingerprint density at radius 3 is 2.45 bits per heavy atom. The molecule has 0 spiro atoms. The highest BCUT2D eigenvalue weighted by atomic mass is 19.1. The molecule has 0 aliphatic carbocycles. The predicted octanol–water partition coefficient (Wildman–Crippen LogP) is 3.57. The van der Waals surface area contributed by atoms with Gasteiger partial charge in [0.1, 0.15) is 5.82 Å². The summed E-state index contributed by atoms with van der Waals surface area (Å²) in [7, 11) is 1.42. The van der Waals surface area contributed by atoms with Crippen LogP contribution in [0.3, 0.4) is 0 Å². The summed E-state index contributed by atoms with van der Waals surface area (Å²) < 4.78 is 18.1. The lowest BCUT2D eigenvalue weighted by molar-refractivity contribution is -0.145. The number of benzene rings is 2. The Morgan fingerprint density at radius 2 is 1.82 bits per heavy atom. The predicted molar refractivity (Wildman–Crippen MR) is 83.1 cm³/mol. The quantitative estimate of drug-likeness (QED) is 0.812. The smallest absolute Gasteiger partial charge is 0.311 e. The molecule has 4 heteroatoms. The van der Waals surface area contributed by atoms with Gasteiger partial charge in [-0.15, -0.1) is 0 Å². The molecule has 22 heavy (non-hydrogen) atoms. The largest absolute Gasteiger partial charge is 0.469 e. The van der Waals surface area contributed by atoms with Gasteiger partial charge in [-0.25, -0.2) is 4.39 Å². The van der Waals surface area contributed by atoms with E-state index in [4.69, 9.17) is 4.74 Å². The van der Waals surface area contributed by atoms with Crippen molar-refractivity contribution in [3.63, 3.8) is 0 Å². The molecule has 1 heterocycles. The van der Waals surface area contributed by atoms with Gasteiger partial charge in [0.2, 0.25) is 0 Å². The zero-order chi connectivity index (χ0) is 15.5. The van der Waals surface area contributed by atoms with Crippen molar-refractivity contribution in [2.24, 2.45) is 5.92 Å². The van der Waals surface area contributed by atoms with E-state index < -0.39 is 0 Å². The van der Waals surface area contributed by atoms with Gasteiger partial charge in [0.15, 0.2) is 0 Å². The van der Waals surface area contributed by atoms with Gasteiger partial charge in [-0.05, 0) is 36.2 Å². The van der Waals surface area contributed by atoms with Crippen molar-refractivity contribution < 1.29 is 13.9 Å². The second kappa shape index (κ2) is 6.18. The van der Waals surface area contributed by atoms with Crippen molar-refractivity contribution in [3.05, 3.63) is 66.0 Å². The molecule has 1 saturated heterocycles. The number of methoxy groups -OCH3 is 1. The summed E-state index contributed by atoms with van der Waals surface area (Å²) in [6.07, 6.45) is 0.726. The maximum atomic E-state index is 13.2. The lowest BCUT2D eigenvalue weighted by atomic mass is 9.93. The molecule has 1 aliphatic heterocycles. The number of anilines is 1. The van der Waals surface area contributed by atoms with Gasteiger partial charge in [-0.3, -0.25) is 4.79 Å². The van der Waals surface area contributed by atoms with Crippen LogP contribution in [0.5, 0.6) is 0 Å². The molecule has 2 atom stereocenters. The summed E-state index contributed by atoms with van der Waals surface area (Å²) >= 11 is 0. The van der Waals surface area contributed by atoms with Crippen LogP contribution >= 0.6 is 0 Å². The van der Waals surface area contributed by atoms with Gasteiger partial charge in [-0.1, -0.05) is 30.3 Å². The highest BCUT2D eigenvalue weighted by Crippen LogP contribution is 2.40. The van der Waals surface area contributed by atoms with E-state index in [0.717, 1.165) is 24.2 Å². The second-order valence-corrected chi connectivity index (χ2v) is 5.44. The summed E-state index contributed by atoms with van der Waals surface area (Å²) in [6.45, 7) is 0.741. The molecule has 0 N–H and O–H groups in total. The minimum Gasteiger partial charge on any atom is -0.469 e. The Hall–Kier alpha value is -2.36. The summed E-state index contributed by atoms with van der Waals surface area (Å²) in [5, 5.41) is 0. The van der Waals surface area contributed by atoms with Crippen molar-refractivity contribution in [1.82, 2.24) is 0 Å².